The first kappa shape index (κ1) is 24.7. The zero-order chi connectivity index (χ0) is 17.2. The first-order chi connectivity index (χ1) is 10.3. The Morgan fingerprint density at radius 1 is 0.913 bits per heavy atom. The maximum absolute atomic E-state index is 3.76. The molecule has 3 heteroatoms. The van der Waals surface area contributed by atoms with Gasteiger partial charge < -0.3 is 22.6 Å². The number of quaternary nitrogens is 2. The summed E-state index contributed by atoms with van der Waals surface area (Å²) >= 11 is 0. The van der Waals surface area contributed by atoms with Crippen LogP contribution in [0.3, 0.4) is 0 Å². The fourth-order valence-electron chi connectivity index (χ4n) is 2.08. The van der Waals surface area contributed by atoms with Gasteiger partial charge in [0.15, 0.2) is 0 Å². The number of rotatable bonds is 7. The zero-order valence-electron chi connectivity index (χ0n) is 16.5. The second-order valence-electron chi connectivity index (χ2n) is 6.97. The van der Waals surface area contributed by atoms with E-state index in [1.54, 1.807) is 0 Å². The molecule has 0 radical (unpaired) electrons. The molecule has 0 fully saturated rings. The Morgan fingerprint density at radius 2 is 1.35 bits per heavy atom. The van der Waals surface area contributed by atoms with Gasteiger partial charge in [0.25, 0.3) is 0 Å². The zero-order valence-corrected chi connectivity index (χ0v) is 17.3. The van der Waals surface area contributed by atoms with Gasteiger partial charge in [-0.2, -0.15) is 0 Å². The molecule has 1 aromatic carbocycles. The largest absolute Gasteiger partial charge is 1.00 e. The lowest BCUT2D eigenvalue weighted by Gasteiger charge is -2.32. The average molecular weight is 344 g/mol. The fourth-order valence-corrected chi connectivity index (χ4v) is 2.08. The highest BCUT2D eigenvalue weighted by molar-refractivity contribution is 5.24. The van der Waals surface area contributed by atoms with Crippen LogP contribution >= 0.6 is 0 Å². The van der Waals surface area contributed by atoms with Gasteiger partial charge in [-0.05, 0) is 45.1 Å². The molecular weight excluding hydrogens is 304 g/mol. The van der Waals surface area contributed by atoms with E-state index in [-0.39, 0.29) is 12.4 Å². The van der Waals surface area contributed by atoms with Crippen LogP contribution in [0, 0.1) is 0 Å². The predicted molar refractivity (Wildman–Crippen MR) is 98.8 cm³/mol. The van der Waals surface area contributed by atoms with E-state index in [4.69, 9.17) is 0 Å². The highest BCUT2D eigenvalue weighted by Crippen LogP contribution is 2.20. The Morgan fingerprint density at radius 3 is 1.65 bits per heavy atom. The molecule has 3 N–H and O–H groups in total. The van der Waals surface area contributed by atoms with E-state index >= 15 is 0 Å². The molecule has 0 aliphatic rings. The normalized spacial score (nSPS) is 13.4. The minimum absolute atomic E-state index is 0. The van der Waals surface area contributed by atoms with Crippen LogP contribution in [0.4, 0.5) is 0 Å². The maximum Gasteiger partial charge on any atom is 0.104 e. The van der Waals surface area contributed by atoms with E-state index in [9.17, 15) is 0 Å². The van der Waals surface area contributed by atoms with Crippen LogP contribution in [-0.2, 0) is 6.54 Å². The van der Waals surface area contributed by atoms with Gasteiger partial charge in [0.05, 0.1) is 26.2 Å². The third-order valence-electron chi connectivity index (χ3n) is 4.95. The molecule has 0 bridgehead atoms. The van der Waals surface area contributed by atoms with Crippen LogP contribution in [0.5, 0.6) is 0 Å². The molecule has 0 spiro atoms. The number of halogens is 1. The van der Waals surface area contributed by atoms with E-state index in [1.807, 2.05) is 0 Å². The molecule has 0 heterocycles. The quantitative estimate of drug-likeness (QED) is 0.721. The summed E-state index contributed by atoms with van der Waals surface area (Å²) in [6.45, 7) is 16.9. The van der Waals surface area contributed by atoms with Crippen LogP contribution < -0.4 is 18.1 Å². The van der Waals surface area contributed by atoms with Crippen LogP contribution in [0.25, 0.3) is 0 Å². The van der Waals surface area contributed by atoms with Crippen LogP contribution in [-0.4, -0.2) is 30.7 Å². The SMILES string of the molecule is CCC(C)[NH3+].CCC(C)c1ccc(C[N+](C)(CC)CC)cc1.[Cl-]. The van der Waals surface area contributed by atoms with Crippen molar-refractivity contribution in [2.45, 2.75) is 72.9 Å². The average Bonchev–Trinajstić information content (AvgIpc) is 2.55. The fraction of sp³-hybridized carbons (Fsp3) is 0.700. The van der Waals surface area contributed by atoms with Crippen LogP contribution in [0.2, 0.25) is 0 Å². The van der Waals surface area contributed by atoms with Crippen molar-refractivity contribution in [1.82, 2.24) is 0 Å². The molecule has 2 atom stereocenters. The minimum atomic E-state index is 0. The van der Waals surface area contributed by atoms with Crippen molar-refractivity contribution in [1.29, 1.82) is 0 Å². The minimum Gasteiger partial charge on any atom is -1.00 e. The Bertz CT molecular complexity index is 383. The molecule has 1 aromatic rings. The van der Waals surface area contributed by atoms with Crippen molar-refractivity contribution >= 4 is 0 Å². The van der Waals surface area contributed by atoms with Gasteiger partial charge >= 0.3 is 0 Å². The summed E-state index contributed by atoms with van der Waals surface area (Å²) in [5.41, 5.74) is 6.69. The molecule has 0 saturated carbocycles. The van der Waals surface area contributed by atoms with E-state index in [1.165, 1.54) is 37.1 Å². The van der Waals surface area contributed by atoms with Gasteiger partial charge in [0.1, 0.15) is 6.54 Å². The summed E-state index contributed by atoms with van der Waals surface area (Å²) in [5.74, 6) is 0.683. The van der Waals surface area contributed by atoms with Gasteiger partial charge in [0.2, 0.25) is 0 Å². The molecule has 2 nitrogen and oxygen atoms in total. The molecule has 0 saturated heterocycles. The highest BCUT2D eigenvalue weighted by atomic mass is 35.5. The van der Waals surface area contributed by atoms with Gasteiger partial charge in [-0.3, -0.25) is 0 Å². The smallest absolute Gasteiger partial charge is 0.104 e. The second-order valence-corrected chi connectivity index (χ2v) is 6.97. The van der Waals surface area contributed by atoms with E-state index < -0.39 is 0 Å². The van der Waals surface area contributed by atoms with Crippen molar-refractivity contribution in [2.24, 2.45) is 0 Å². The summed E-state index contributed by atoms with van der Waals surface area (Å²) < 4.78 is 1.13. The Labute approximate surface area is 151 Å². The summed E-state index contributed by atoms with van der Waals surface area (Å²) in [5, 5.41) is 0. The lowest BCUT2D eigenvalue weighted by atomic mass is 9.97. The summed E-state index contributed by atoms with van der Waals surface area (Å²) in [6.07, 6.45) is 2.41. The third kappa shape index (κ3) is 10.0. The molecular formula is C20H40ClN2+. The molecule has 0 aromatic heterocycles. The lowest BCUT2D eigenvalue weighted by molar-refractivity contribution is -0.919. The third-order valence-corrected chi connectivity index (χ3v) is 4.95. The summed E-state index contributed by atoms with van der Waals surface area (Å²) in [7, 11) is 2.34. The molecule has 23 heavy (non-hydrogen) atoms. The van der Waals surface area contributed by atoms with Crippen molar-refractivity contribution in [3.05, 3.63) is 35.4 Å². The Kier molecular flexibility index (Phi) is 13.7. The standard InChI is InChI=1S/C16H28N.C4H11N.ClH/c1-6-14(4)16-11-9-15(10-12-16)13-17(5,7-2)8-3;1-3-4(2)5;/h9-12,14H,6-8,13H2,1-5H3;4H,3,5H2,1-2H3;1H/q+1;;. The van der Waals surface area contributed by atoms with Crippen LogP contribution in [0.15, 0.2) is 24.3 Å². The summed E-state index contributed by atoms with van der Waals surface area (Å²) in [4.78, 5) is 0. The molecule has 0 aliphatic carbocycles. The van der Waals surface area contributed by atoms with Crippen molar-refractivity contribution in [3.63, 3.8) is 0 Å². The van der Waals surface area contributed by atoms with Crippen molar-refractivity contribution in [3.8, 4) is 0 Å². The van der Waals surface area contributed by atoms with Gasteiger partial charge in [-0.25, -0.2) is 0 Å². The van der Waals surface area contributed by atoms with Crippen molar-refractivity contribution < 1.29 is 22.6 Å². The molecule has 1 rings (SSSR count). The predicted octanol–water partition coefficient (Wildman–Crippen LogP) is 1.22. The van der Waals surface area contributed by atoms with E-state index in [0.717, 1.165) is 11.0 Å². The number of hydrogen-bond acceptors (Lipinski definition) is 0. The lowest BCUT2D eigenvalue weighted by Crippen LogP contribution is -3.00. The number of nitrogens with zero attached hydrogens (tertiary/aromatic N) is 1. The Balaban J connectivity index is 0. The van der Waals surface area contributed by atoms with Gasteiger partial charge in [0, 0.05) is 5.56 Å². The van der Waals surface area contributed by atoms with Gasteiger partial charge in [-0.15, -0.1) is 0 Å². The van der Waals surface area contributed by atoms with E-state index in [0.29, 0.717) is 12.0 Å². The maximum atomic E-state index is 3.76. The molecule has 136 valence electrons. The molecule has 2 unspecified atom stereocenters. The monoisotopic (exact) mass is 343 g/mol. The first-order valence-electron chi connectivity index (χ1n) is 9.07. The molecule has 0 amide bonds. The second kappa shape index (κ2) is 12.8. The van der Waals surface area contributed by atoms with Gasteiger partial charge in [-0.1, -0.05) is 45.0 Å². The summed E-state index contributed by atoms with van der Waals surface area (Å²) in [6, 6.07) is 9.86. The number of benzene rings is 1. The van der Waals surface area contributed by atoms with E-state index in [2.05, 4.69) is 78.6 Å². The first-order valence-corrected chi connectivity index (χ1v) is 9.07. The van der Waals surface area contributed by atoms with Crippen LogP contribution in [0.1, 0.15) is 71.4 Å². The Hall–Kier alpha value is -0.570. The highest BCUT2D eigenvalue weighted by Gasteiger charge is 2.16. The molecule has 0 aliphatic heterocycles. The number of hydrogen-bond donors (Lipinski definition) is 1. The topological polar surface area (TPSA) is 27.6 Å². The van der Waals surface area contributed by atoms with Crippen molar-refractivity contribution in [2.75, 3.05) is 20.1 Å².